The molecule has 1 fully saturated rings. The van der Waals surface area contributed by atoms with E-state index in [1.807, 2.05) is 0 Å². The lowest BCUT2D eigenvalue weighted by atomic mass is 9.78. The summed E-state index contributed by atoms with van der Waals surface area (Å²) in [7, 11) is -0.219. The van der Waals surface area contributed by atoms with Crippen LogP contribution >= 0.6 is 0 Å². The zero-order chi connectivity index (χ0) is 16.9. The fraction of sp³-hybridized carbons (Fsp3) is 0.538. The quantitative estimate of drug-likeness (QED) is 0.486. The van der Waals surface area contributed by atoms with Gasteiger partial charge in [-0.3, -0.25) is 10.1 Å². The molecular formula is C13H16BF2NO5. The van der Waals surface area contributed by atoms with Gasteiger partial charge in [0.05, 0.1) is 23.2 Å². The topological polar surface area (TPSA) is 70.8 Å². The Morgan fingerprint density at radius 1 is 1.18 bits per heavy atom. The van der Waals surface area contributed by atoms with Crippen LogP contribution in [0.25, 0.3) is 0 Å². The predicted molar refractivity (Wildman–Crippen MR) is 75.3 cm³/mol. The monoisotopic (exact) mass is 315 g/mol. The maximum absolute atomic E-state index is 14.2. The molecule has 0 N–H and O–H groups in total. The molecule has 0 aromatic heterocycles. The number of nitro benzene ring substituents is 1. The number of rotatable bonds is 3. The molecule has 0 bridgehead atoms. The summed E-state index contributed by atoms with van der Waals surface area (Å²) in [6.45, 7) is 6.94. The van der Waals surface area contributed by atoms with Gasteiger partial charge < -0.3 is 14.0 Å². The standard InChI is InChI=1S/C13H16BF2NO5/c1-12(2)13(3,4)22-14(21-12)7-6-8(17(18)19)11(20-5)10(16)9(7)15/h6H,1-5H3. The Kier molecular flexibility index (Phi) is 3.91. The van der Waals surface area contributed by atoms with Gasteiger partial charge in [-0.05, 0) is 27.7 Å². The second kappa shape index (κ2) is 5.17. The van der Waals surface area contributed by atoms with Gasteiger partial charge in [-0.25, -0.2) is 4.39 Å². The lowest BCUT2D eigenvalue weighted by Crippen LogP contribution is -2.41. The van der Waals surface area contributed by atoms with Crippen molar-refractivity contribution in [2.24, 2.45) is 0 Å². The van der Waals surface area contributed by atoms with Gasteiger partial charge in [-0.1, -0.05) is 0 Å². The van der Waals surface area contributed by atoms with Crippen LogP contribution in [0.5, 0.6) is 5.75 Å². The van der Waals surface area contributed by atoms with Crippen molar-refractivity contribution in [2.45, 2.75) is 38.9 Å². The summed E-state index contributed by atoms with van der Waals surface area (Å²) in [4.78, 5) is 10.2. The average molecular weight is 315 g/mol. The number of nitro groups is 1. The molecule has 1 aliphatic heterocycles. The first-order valence-corrected chi connectivity index (χ1v) is 6.57. The van der Waals surface area contributed by atoms with Gasteiger partial charge in [0, 0.05) is 11.5 Å². The minimum absolute atomic E-state index is 0.372. The first-order chi connectivity index (χ1) is 10.0. The van der Waals surface area contributed by atoms with E-state index in [2.05, 4.69) is 4.74 Å². The molecule has 22 heavy (non-hydrogen) atoms. The molecule has 0 radical (unpaired) electrons. The summed E-state index contributed by atoms with van der Waals surface area (Å²) in [5, 5.41) is 11.0. The van der Waals surface area contributed by atoms with Crippen LogP contribution in [-0.4, -0.2) is 30.4 Å². The van der Waals surface area contributed by atoms with Crippen LogP contribution in [0.1, 0.15) is 27.7 Å². The van der Waals surface area contributed by atoms with E-state index in [1.54, 1.807) is 27.7 Å². The Morgan fingerprint density at radius 3 is 2.09 bits per heavy atom. The number of hydrogen-bond donors (Lipinski definition) is 0. The Morgan fingerprint density at radius 2 is 1.68 bits per heavy atom. The van der Waals surface area contributed by atoms with Gasteiger partial charge in [0.15, 0.2) is 5.82 Å². The Labute approximate surface area is 126 Å². The molecule has 0 aliphatic carbocycles. The largest absolute Gasteiger partial charge is 0.498 e. The molecule has 1 heterocycles. The molecule has 0 unspecified atom stereocenters. The number of methoxy groups -OCH3 is 1. The van der Waals surface area contributed by atoms with Gasteiger partial charge in [-0.15, -0.1) is 0 Å². The fourth-order valence-corrected chi connectivity index (χ4v) is 2.09. The van der Waals surface area contributed by atoms with Crippen molar-refractivity contribution < 1.29 is 27.7 Å². The summed E-state index contributed by atoms with van der Waals surface area (Å²) >= 11 is 0. The summed E-state index contributed by atoms with van der Waals surface area (Å²) in [5.74, 6) is -3.50. The van der Waals surface area contributed by atoms with E-state index < -0.39 is 46.3 Å². The SMILES string of the molecule is COc1c([N+](=O)[O-])cc(B2OC(C)(C)C(C)(C)O2)c(F)c1F. The molecule has 1 aliphatic rings. The Bertz CT molecular complexity index is 619. The minimum atomic E-state index is -1.44. The second-order valence-electron chi connectivity index (χ2n) is 5.99. The van der Waals surface area contributed by atoms with Gasteiger partial charge in [0.2, 0.25) is 11.6 Å². The molecule has 0 amide bonds. The number of ether oxygens (including phenoxy) is 1. The average Bonchev–Trinajstić information content (AvgIpc) is 2.60. The van der Waals surface area contributed by atoms with Crippen molar-refractivity contribution in [2.75, 3.05) is 7.11 Å². The van der Waals surface area contributed by atoms with Crippen molar-refractivity contribution >= 4 is 18.3 Å². The molecule has 0 atom stereocenters. The highest BCUT2D eigenvalue weighted by molar-refractivity contribution is 6.62. The van der Waals surface area contributed by atoms with Crippen LogP contribution in [0.3, 0.4) is 0 Å². The molecule has 9 heteroatoms. The third-order valence-corrected chi connectivity index (χ3v) is 4.08. The number of halogens is 2. The third-order valence-electron chi connectivity index (χ3n) is 4.08. The van der Waals surface area contributed by atoms with Gasteiger partial charge >= 0.3 is 12.8 Å². The van der Waals surface area contributed by atoms with E-state index in [1.165, 1.54) is 0 Å². The molecule has 1 aromatic carbocycles. The van der Waals surface area contributed by atoms with Gasteiger partial charge in [0.1, 0.15) is 0 Å². The van der Waals surface area contributed by atoms with E-state index in [-0.39, 0.29) is 5.46 Å². The minimum Gasteiger partial charge on any atom is -0.488 e. The van der Waals surface area contributed by atoms with E-state index in [0.717, 1.165) is 13.2 Å². The summed E-state index contributed by atoms with van der Waals surface area (Å²) in [6, 6.07) is 0.874. The second-order valence-corrected chi connectivity index (χ2v) is 5.99. The molecule has 6 nitrogen and oxygen atoms in total. The van der Waals surface area contributed by atoms with Crippen LogP contribution in [-0.2, 0) is 9.31 Å². The maximum atomic E-state index is 14.2. The van der Waals surface area contributed by atoms with Crippen molar-refractivity contribution in [3.63, 3.8) is 0 Å². The zero-order valence-electron chi connectivity index (χ0n) is 12.9. The molecule has 120 valence electrons. The molecular weight excluding hydrogens is 299 g/mol. The van der Waals surface area contributed by atoms with Crippen molar-refractivity contribution in [3.05, 3.63) is 27.8 Å². The third kappa shape index (κ3) is 2.44. The number of hydrogen-bond acceptors (Lipinski definition) is 5. The van der Waals surface area contributed by atoms with Gasteiger partial charge in [0.25, 0.3) is 0 Å². The molecule has 1 saturated heterocycles. The first kappa shape index (κ1) is 16.6. The van der Waals surface area contributed by atoms with Crippen LogP contribution < -0.4 is 10.2 Å². The molecule has 0 saturated carbocycles. The van der Waals surface area contributed by atoms with E-state index >= 15 is 0 Å². The van der Waals surface area contributed by atoms with Crippen LogP contribution in [0.4, 0.5) is 14.5 Å². The fourth-order valence-electron chi connectivity index (χ4n) is 2.09. The van der Waals surface area contributed by atoms with Gasteiger partial charge in [-0.2, -0.15) is 4.39 Å². The summed E-state index contributed by atoms with van der Waals surface area (Å²) in [5.41, 5.74) is -2.63. The molecule has 2 rings (SSSR count). The van der Waals surface area contributed by atoms with E-state index in [4.69, 9.17) is 9.31 Å². The van der Waals surface area contributed by atoms with Crippen molar-refractivity contribution in [3.8, 4) is 5.75 Å². The van der Waals surface area contributed by atoms with Crippen LogP contribution in [0.15, 0.2) is 6.07 Å². The normalized spacial score (nSPS) is 19.3. The molecule has 1 aromatic rings. The highest BCUT2D eigenvalue weighted by Crippen LogP contribution is 2.38. The Hall–Kier alpha value is -1.74. The summed E-state index contributed by atoms with van der Waals surface area (Å²) in [6.07, 6.45) is 0. The van der Waals surface area contributed by atoms with Crippen molar-refractivity contribution in [1.29, 1.82) is 0 Å². The lowest BCUT2D eigenvalue weighted by Gasteiger charge is -2.32. The highest BCUT2D eigenvalue weighted by Gasteiger charge is 2.53. The predicted octanol–water partition coefficient (Wildman–Crippen LogP) is 2.18. The first-order valence-electron chi connectivity index (χ1n) is 6.57. The van der Waals surface area contributed by atoms with Crippen LogP contribution in [0.2, 0.25) is 0 Å². The number of nitrogens with zero attached hydrogens (tertiary/aromatic N) is 1. The maximum Gasteiger partial charge on any atom is 0.498 e. The van der Waals surface area contributed by atoms with E-state index in [9.17, 15) is 18.9 Å². The zero-order valence-corrected chi connectivity index (χ0v) is 12.9. The number of benzene rings is 1. The van der Waals surface area contributed by atoms with Crippen molar-refractivity contribution in [1.82, 2.24) is 0 Å². The highest BCUT2D eigenvalue weighted by atomic mass is 19.2. The Balaban J connectivity index is 2.56. The molecule has 0 spiro atoms. The van der Waals surface area contributed by atoms with Crippen LogP contribution in [0, 0.1) is 21.7 Å². The summed E-state index contributed by atoms with van der Waals surface area (Å²) < 4.78 is 44.0. The van der Waals surface area contributed by atoms with E-state index in [0.29, 0.717) is 0 Å². The lowest BCUT2D eigenvalue weighted by molar-refractivity contribution is -0.385. The smallest absolute Gasteiger partial charge is 0.488 e.